The summed E-state index contributed by atoms with van der Waals surface area (Å²) in [6, 6.07) is 1.58. The molecule has 0 amide bonds. The normalized spacial score (nSPS) is 17.8. The molecule has 4 nitrogen and oxygen atoms in total. The zero-order valence-corrected chi connectivity index (χ0v) is 12.8. The number of rotatable bonds is 4. The Bertz CT molecular complexity index is 484. The highest BCUT2D eigenvalue weighted by Gasteiger charge is 2.39. The average molecular weight is 300 g/mol. The van der Waals surface area contributed by atoms with Gasteiger partial charge in [-0.25, -0.2) is 0 Å². The van der Waals surface area contributed by atoms with Crippen molar-refractivity contribution in [3.05, 3.63) is 16.7 Å². The third-order valence-electron chi connectivity index (χ3n) is 4.33. The lowest BCUT2D eigenvalue weighted by Gasteiger charge is -2.38. The topological polar surface area (TPSA) is 64.7 Å². The van der Waals surface area contributed by atoms with E-state index in [1.54, 1.807) is 20.3 Å². The van der Waals surface area contributed by atoms with Gasteiger partial charge in [-0.05, 0) is 12.8 Å². The van der Waals surface area contributed by atoms with Crippen molar-refractivity contribution < 1.29 is 14.6 Å². The molecule has 0 radical (unpaired) electrons. The van der Waals surface area contributed by atoms with Crippen molar-refractivity contribution in [3.63, 3.8) is 0 Å². The van der Waals surface area contributed by atoms with E-state index in [1.165, 1.54) is 6.42 Å². The Morgan fingerprint density at radius 2 is 1.90 bits per heavy atom. The van der Waals surface area contributed by atoms with Crippen molar-refractivity contribution in [1.29, 1.82) is 0 Å². The monoisotopic (exact) mass is 299 g/mol. The maximum atomic E-state index is 10.5. The van der Waals surface area contributed by atoms with Gasteiger partial charge < -0.3 is 20.3 Å². The summed E-state index contributed by atoms with van der Waals surface area (Å²) in [7, 11) is 3.13. The fourth-order valence-corrected chi connectivity index (χ4v) is 3.42. The van der Waals surface area contributed by atoms with Gasteiger partial charge in [-0.1, -0.05) is 30.9 Å². The number of hydrogen-bond donors (Lipinski definition) is 2. The Morgan fingerprint density at radius 1 is 1.25 bits per heavy atom. The van der Waals surface area contributed by atoms with Crippen LogP contribution in [0.5, 0.6) is 17.2 Å². The van der Waals surface area contributed by atoms with Crippen LogP contribution in [-0.4, -0.2) is 25.9 Å². The van der Waals surface area contributed by atoms with Gasteiger partial charge in [-0.15, -0.1) is 0 Å². The average Bonchev–Trinajstić information content (AvgIpc) is 2.49. The maximum absolute atomic E-state index is 10.5. The molecule has 0 spiro atoms. The highest BCUT2D eigenvalue weighted by Crippen LogP contribution is 2.52. The Labute approximate surface area is 124 Å². The molecule has 0 unspecified atom stereocenters. The molecule has 1 saturated carbocycles. The smallest absolute Gasteiger partial charge is 0.168 e. The lowest BCUT2D eigenvalue weighted by atomic mass is 9.68. The van der Waals surface area contributed by atoms with Crippen LogP contribution in [0.25, 0.3) is 0 Å². The van der Waals surface area contributed by atoms with Crippen molar-refractivity contribution in [2.45, 2.75) is 37.5 Å². The van der Waals surface area contributed by atoms with Crippen LogP contribution in [0.4, 0.5) is 0 Å². The minimum Gasteiger partial charge on any atom is -0.506 e. The minimum atomic E-state index is -0.286. The number of aromatic hydroxyl groups is 1. The third kappa shape index (κ3) is 2.42. The van der Waals surface area contributed by atoms with Gasteiger partial charge >= 0.3 is 0 Å². The van der Waals surface area contributed by atoms with E-state index in [-0.39, 0.29) is 16.2 Å². The van der Waals surface area contributed by atoms with Gasteiger partial charge in [0.1, 0.15) is 5.75 Å². The number of methoxy groups -OCH3 is 2. The molecule has 1 aromatic rings. The molecule has 1 aromatic carbocycles. The summed E-state index contributed by atoms with van der Waals surface area (Å²) < 4.78 is 10.8. The van der Waals surface area contributed by atoms with Gasteiger partial charge in [0.25, 0.3) is 0 Å². The zero-order chi connectivity index (χ0) is 14.8. The highest BCUT2D eigenvalue weighted by atomic mass is 35.5. The van der Waals surface area contributed by atoms with Crippen LogP contribution in [0, 0.1) is 0 Å². The van der Waals surface area contributed by atoms with Crippen LogP contribution in [-0.2, 0) is 5.41 Å². The molecule has 0 aliphatic heterocycles. The number of phenols is 1. The van der Waals surface area contributed by atoms with E-state index in [9.17, 15) is 5.11 Å². The number of benzene rings is 1. The fraction of sp³-hybridized carbons (Fsp3) is 0.600. The molecule has 112 valence electrons. The van der Waals surface area contributed by atoms with Crippen LogP contribution >= 0.6 is 11.6 Å². The summed E-state index contributed by atoms with van der Waals surface area (Å²) in [4.78, 5) is 0. The molecule has 2 rings (SSSR count). The molecule has 0 aromatic heterocycles. The molecule has 0 saturated heterocycles. The van der Waals surface area contributed by atoms with Gasteiger partial charge in [0.05, 0.1) is 19.2 Å². The van der Waals surface area contributed by atoms with Gasteiger partial charge in [-0.2, -0.15) is 0 Å². The number of phenolic OH excluding ortho intramolecular Hbond substituents is 1. The van der Waals surface area contributed by atoms with Crippen LogP contribution in [0.15, 0.2) is 6.07 Å². The standard InChI is InChI=1S/C15H22ClNO3/c1-19-11-8-10(16)13(18)12(14(11)20-2)15(9-17)6-4-3-5-7-15/h8,18H,3-7,9,17H2,1-2H3. The summed E-state index contributed by atoms with van der Waals surface area (Å²) >= 11 is 6.14. The number of halogens is 1. The van der Waals surface area contributed by atoms with Gasteiger partial charge in [0.2, 0.25) is 0 Å². The van der Waals surface area contributed by atoms with E-state index in [0.29, 0.717) is 23.6 Å². The van der Waals surface area contributed by atoms with E-state index >= 15 is 0 Å². The molecule has 20 heavy (non-hydrogen) atoms. The number of nitrogens with two attached hydrogens (primary N) is 1. The molecule has 0 atom stereocenters. The lowest BCUT2D eigenvalue weighted by Crippen LogP contribution is -2.37. The second-order valence-corrected chi connectivity index (χ2v) is 5.77. The molecular formula is C15H22ClNO3. The van der Waals surface area contributed by atoms with Gasteiger partial charge in [0.15, 0.2) is 11.5 Å². The minimum absolute atomic E-state index is 0.0664. The first-order chi connectivity index (χ1) is 9.59. The predicted molar refractivity (Wildman–Crippen MR) is 80.0 cm³/mol. The second kappa shape index (κ2) is 6.10. The molecule has 3 N–H and O–H groups in total. The molecule has 5 heteroatoms. The summed E-state index contributed by atoms with van der Waals surface area (Å²) in [5.74, 6) is 1.14. The lowest BCUT2D eigenvalue weighted by molar-refractivity contribution is 0.271. The largest absolute Gasteiger partial charge is 0.506 e. The van der Waals surface area contributed by atoms with Crippen LogP contribution in [0.1, 0.15) is 37.7 Å². The summed E-state index contributed by atoms with van der Waals surface area (Å²) in [6.45, 7) is 0.459. The molecule has 1 fully saturated rings. The van der Waals surface area contributed by atoms with Gasteiger partial charge in [-0.3, -0.25) is 0 Å². The first kappa shape index (κ1) is 15.3. The van der Waals surface area contributed by atoms with E-state index in [4.69, 9.17) is 26.8 Å². The molecule has 1 aliphatic rings. The van der Waals surface area contributed by atoms with Crippen molar-refractivity contribution in [1.82, 2.24) is 0 Å². The van der Waals surface area contributed by atoms with Crippen molar-refractivity contribution in [2.75, 3.05) is 20.8 Å². The number of ether oxygens (including phenoxy) is 2. The number of hydrogen-bond acceptors (Lipinski definition) is 4. The molecular weight excluding hydrogens is 278 g/mol. The quantitative estimate of drug-likeness (QED) is 0.896. The summed E-state index contributed by atoms with van der Waals surface area (Å²) in [5.41, 5.74) is 6.47. The second-order valence-electron chi connectivity index (χ2n) is 5.36. The Hall–Kier alpha value is -1.13. The summed E-state index contributed by atoms with van der Waals surface area (Å²) in [5, 5.41) is 10.7. The van der Waals surface area contributed by atoms with E-state index in [1.807, 2.05) is 0 Å². The van der Waals surface area contributed by atoms with Crippen LogP contribution in [0.2, 0.25) is 5.02 Å². The predicted octanol–water partition coefficient (Wildman–Crippen LogP) is 3.22. The third-order valence-corrected chi connectivity index (χ3v) is 4.62. The molecule has 0 heterocycles. The van der Waals surface area contributed by atoms with Crippen LogP contribution < -0.4 is 15.2 Å². The molecule has 0 bridgehead atoms. The van der Waals surface area contributed by atoms with Crippen molar-refractivity contribution in [2.24, 2.45) is 5.73 Å². The first-order valence-corrected chi connectivity index (χ1v) is 7.31. The zero-order valence-electron chi connectivity index (χ0n) is 12.0. The van der Waals surface area contributed by atoms with E-state index in [0.717, 1.165) is 25.7 Å². The molecule has 1 aliphatic carbocycles. The van der Waals surface area contributed by atoms with E-state index in [2.05, 4.69) is 0 Å². The maximum Gasteiger partial charge on any atom is 0.168 e. The van der Waals surface area contributed by atoms with Crippen molar-refractivity contribution in [3.8, 4) is 17.2 Å². The SMILES string of the molecule is COc1cc(Cl)c(O)c(C2(CN)CCCCC2)c1OC. The Kier molecular flexibility index (Phi) is 4.66. The van der Waals surface area contributed by atoms with Crippen molar-refractivity contribution >= 4 is 11.6 Å². The fourth-order valence-electron chi connectivity index (χ4n) is 3.23. The highest BCUT2D eigenvalue weighted by molar-refractivity contribution is 6.32. The summed E-state index contributed by atoms with van der Waals surface area (Å²) in [6.07, 6.45) is 5.24. The first-order valence-electron chi connectivity index (χ1n) is 6.93. The Balaban J connectivity index is 2.66. The van der Waals surface area contributed by atoms with Gasteiger partial charge in [0, 0.05) is 23.6 Å². The van der Waals surface area contributed by atoms with E-state index < -0.39 is 0 Å². The van der Waals surface area contributed by atoms with Crippen LogP contribution in [0.3, 0.4) is 0 Å². The Morgan fingerprint density at radius 3 is 2.40 bits per heavy atom.